The number of hydrogen-bond donors (Lipinski definition) is 1. The zero-order valence-electron chi connectivity index (χ0n) is 12.4. The molecule has 23 heavy (non-hydrogen) atoms. The molecule has 0 saturated carbocycles. The molecule has 0 aromatic carbocycles. The third kappa shape index (κ3) is 75.4. The topological polar surface area (TPSA) is 199 Å². The van der Waals surface area contributed by atoms with Gasteiger partial charge in [-0.2, -0.15) is 0 Å². The average molecular weight is 491 g/mol. The summed E-state index contributed by atoms with van der Waals surface area (Å²) in [5, 5.41) is 7.88. The van der Waals surface area contributed by atoms with E-state index < -0.39 is 37.9 Å². The van der Waals surface area contributed by atoms with Crippen LogP contribution >= 0.6 is 56.2 Å². The van der Waals surface area contributed by atoms with Crippen LogP contribution in [0.1, 0.15) is 0 Å². The predicted molar refractivity (Wildman–Crippen MR) is 55.2 cm³/mol. The molecule has 0 rings (SSSR count). The van der Waals surface area contributed by atoms with Crippen LogP contribution in [0, 0.1) is 0 Å². The van der Waals surface area contributed by atoms with Crippen LogP contribution in [0.5, 0.6) is 0 Å². The average Bonchev–Trinajstić information content (AvgIpc) is 2.14. The first kappa shape index (κ1) is 46.1. The van der Waals surface area contributed by atoms with E-state index in [1.807, 2.05) is 0 Å². The van der Waals surface area contributed by atoms with Crippen LogP contribution in [-0.4, -0.2) is 16.5 Å². The standard InChI is InChI=1S/C2H4Cl2O.4Na.2O5P2/c3-2(4)1-5;;;;;2*1-6(2)5-7(3)4/h2,5H,1H2;;;;;;/q;4*+1;;. The summed E-state index contributed by atoms with van der Waals surface area (Å²) in [7, 11) is -12.9. The Bertz CT molecular complexity index is 272. The van der Waals surface area contributed by atoms with Gasteiger partial charge < -0.3 is 24.7 Å². The summed E-state index contributed by atoms with van der Waals surface area (Å²) in [6, 6.07) is 0. The van der Waals surface area contributed by atoms with E-state index in [4.69, 9.17) is 28.3 Å². The fourth-order valence-electron chi connectivity index (χ4n) is 0.109. The monoisotopic (exact) mass is 490 g/mol. The van der Waals surface area contributed by atoms with E-state index in [1.54, 1.807) is 0 Å². The molecule has 21 heteroatoms. The number of alkyl halides is 2. The largest absolute Gasteiger partial charge is 1.00 e. The summed E-state index contributed by atoms with van der Waals surface area (Å²) >= 11 is 9.96. The Labute approximate surface area is 233 Å². The maximum Gasteiger partial charge on any atom is 1.00 e. The first-order valence-electron chi connectivity index (χ1n) is 3.35. The summed E-state index contributed by atoms with van der Waals surface area (Å²) in [6.07, 6.45) is 0. The molecule has 0 saturated heterocycles. The third-order valence-electron chi connectivity index (χ3n) is 0.405. The Morgan fingerprint density at radius 1 is 0.739 bits per heavy atom. The molecule has 11 nitrogen and oxygen atoms in total. The van der Waals surface area contributed by atoms with Gasteiger partial charge in [0.25, 0.3) is 0 Å². The van der Waals surface area contributed by atoms with Gasteiger partial charge in [-0.05, 0) is 18.3 Å². The van der Waals surface area contributed by atoms with Crippen LogP contribution in [0.2, 0.25) is 0 Å². The Balaban J connectivity index is -0.0000000311. The van der Waals surface area contributed by atoms with E-state index in [9.17, 15) is 37.8 Å². The van der Waals surface area contributed by atoms with E-state index >= 15 is 0 Å². The SMILES string of the molecule is O=[P+]([O-])O[P+](=O)[O-].O=[P+]([O-])O[P+](=O)[O-].OCC(Cl)Cl.[Na+].[Na+].[Na+].[Na+]. The fraction of sp³-hybridized carbons (Fsp3) is 1.00. The zero-order valence-corrected chi connectivity index (χ0v) is 25.4. The minimum atomic E-state index is -3.24. The van der Waals surface area contributed by atoms with Gasteiger partial charge in [-0.3, -0.25) is 0 Å². The first-order chi connectivity index (χ1) is 8.52. The van der Waals surface area contributed by atoms with Crippen LogP contribution in [0.4, 0.5) is 0 Å². The summed E-state index contributed by atoms with van der Waals surface area (Å²) in [5.74, 6) is 0. The second-order valence-electron chi connectivity index (χ2n) is 1.63. The van der Waals surface area contributed by atoms with Gasteiger partial charge in [-0.15, -0.1) is 23.2 Å². The Morgan fingerprint density at radius 3 is 0.870 bits per heavy atom. The molecule has 0 aromatic heterocycles. The Hall–Kier alpha value is 4.70. The van der Waals surface area contributed by atoms with Gasteiger partial charge >= 0.3 is 151 Å². The molecule has 0 heterocycles. The van der Waals surface area contributed by atoms with Crippen molar-refractivity contribution >= 4 is 56.2 Å². The van der Waals surface area contributed by atoms with Crippen molar-refractivity contribution in [3.05, 3.63) is 0 Å². The van der Waals surface area contributed by atoms with Crippen LogP contribution in [0.15, 0.2) is 0 Å². The zero-order chi connectivity index (χ0) is 16.0. The molecule has 0 radical (unpaired) electrons. The maximum absolute atomic E-state index is 9.24. The minimum Gasteiger partial charge on any atom is -0.563 e. The predicted octanol–water partition coefficient (Wildman–Crippen LogP) is -13.1. The van der Waals surface area contributed by atoms with Crippen LogP contribution < -0.4 is 138 Å². The van der Waals surface area contributed by atoms with Crippen molar-refractivity contribution in [2.24, 2.45) is 0 Å². The number of hydrogen-bond acceptors (Lipinski definition) is 11. The summed E-state index contributed by atoms with van der Waals surface area (Å²) in [6.45, 7) is -0.164. The molecule has 0 spiro atoms. The smallest absolute Gasteiger partial charge is 0.563 e. The quantitative estimate of drug-likeness (QED) is 0.218. The fourth-order valence-corrected chi connectivity index (χ4v) is 0.980. The van der Waals surface area contributed by atoms with E-state index in [0.717, 1.165) is 0 Å². The van der Waals surface area contributed by atoms with Crippen molar-refractivity contribution < 1.29 is 170 Å². The van der Waals surface area contributed by atoms with E-state index in [1.165, 1.54) is 0 Å². The van der Waals surface area contributed by atoms with Crippen molar-refractivity contribution in [1.29, 1.82) is 0 Å². The van der Waals surface area contributed by atoms with Crippen molar-refractivity contribution in [2.75, 3.05) is 6.61 Å². The van der Waals surface area contributed by atoms with Gasteiger partial charge in [-0.1, -0.05) is 0 Å². The van der Waals surface area contributed by atoms with Crippen molar-refractivity contribution in [1.82, 2.24) is 0 Å². The molecule has 0 amide bonds. The minimum absolute atomic E-state index is 0. The molecular formula is C2H4Cl2Na4O11P4+4. The summed E-state index contributed by atoms with van der Waals surface area (Å²) < 4.78 is 43.3. The third-order valence-corrected chi connectivity index (χ3v) is 2.81. The summed E-state index contributed by atoms with van der Waals surface area (Å²) in [4.78, 5) is 36.3. The van der Waals surface area contributed by atoms with Crippen molar-refractivity contribution in [3.63, 3.8) is 0 Å². The molecule has 0 aliphatic carbocycles. The molecule has 1 N–H and O–H groups in total. The molecular weight excluding hydrogens is 487 g/mol. The number of aliphatic hydroxyl groups is 1. The van der Waals surface area contributed by atoms with Gasteiger partial charge in [0.05, 0.1) is 6.61 Å². The van der Waals surface area contributed by atoms with Crippen LogP contribution in [0.3, 0.4) is 0 Å². The molecule has 0 bridgehead atoms. The van der Waals surface area contributed by atoms with Gasteiger partial charge in [0, 0.05) is 0 Å². The van der Waals surface area contributed by atoms with E-state index in [-0.39, 0.29) is 125 Å². The normalized spacial score (nSPS) is 10.3. The van der Waals surface area contributed by atoms with Gasteiger partial charge in [0.2, 0.25) is 0 Å². The van der Waals surface area contributed by atoms with E-state index in [0.29, 0.717) is 0 Å². The Kier molecular flexibility index (Phi) is 68.6. The van der Waals surface area contributed by atoms with Crippen LogP contribution in [-0.2, 0) is 26.9 Å². The number of halogens is 2. The molecule has 0 aromatic rings. The van der Waals surface area contributed by atoms with Gasteiger partial charge in [0.1, 0.15) is 13.5 Å². The first-order valence-corrected chi connectivity index (χ1v) is 8.61. The molecule has 0 aliphatic rings. The van der Waals surface area contributed by atoms with Gasteiger partial charge in [0.15, 0.2) is 0 Å². The molecule has 0 aliphatic heterocycles. The second kappa shape index (κ2) is 34.2. The van der Waals surface area contributed by atoms with Crippen molar-refractivity contribution in [2.45, 2.75) is 4.84 Å². The number of aliphatic hydroxyl groups excluding tert-OH is 1. The van der Waals surface area contributed by atoms with E-state index in [2.05, 4.69) is 8.62 Å². The molecule has 112 valence electrons. The number of rotatable bonds is 5. The Morgan fingerprint density at radius 2 is 0.870 bits per heavy atom. The summed E-state index contributed by atoms with van der Waals surface area (Å²) in [5.41, 5.74) is 0. The van der Waals surface area contributed by atoms with Crippen molar-refractivity contribution in [3.8, 4) is 0 Å². The van der Waals surface area contributed by atoms with Crippen LogP contribution in [0.25, 0.3) is 0 Å². The van der Waals surface area contributed by atoms with Gasteiger partial charge in [-0.25, -0.2) is 0 Å². The second-order valence-corrected chi connectivity index (χ2v) is 6.00. The molecule has 4 unspecified atom stereocenters. The molecule has 0 fully saturated rings. The molecule has 4 atom stereocenters. The maximum atomic E-state index is 9.24.